The molecule has 1 atom stereocenters. The normalized spacial score (nSPS) is 26.7. The maximum absolute atomic E-state index is 11.7. The second-order valence-electron chi connectivity index (χ2n) is 5.57. The average molecular weight is 249 g/mol. The van der Waals surface area contributed by atoms with Crippen LogP contribution in [0.3, 0.4) is 0 Å². The van der Waals surface area contributed by atoms with Crippen molar-refractivity contribution in [1.82, 2.24) is 5.32 Å². The first kappa shape index (κ1) is 11.8. The molecule has 1 aromatic rings. The molecule has 4 heteroatoms. The number of carbonyl (C=O) groups is 1. The fourth-order valence-corrected chi connectivity index (χ4v) is 2.71. The fraction of sp³-hybridized carbons (Fsp3) is 0.643. The Morgan fingerprint density at radius 2 is 2.39 bits per heavy atom. The number of nitrogens with one attached hydrogen (secondary N) is 1. The summed E-state index contributed by atoms with van der Waals surface area (Å²) in [5, 5.41) is 13.5. The van der Waals surface area contributed by atoms with E-state index in [-0.39, 0.29) is 5.91 Å². The third-order valence-electron chi connectivity index (χ3n) is 3.99. The van der Waals surface area contributed by atoms with Gasteiger partial charge in [-0.05, 0) is 37.7 Å². The Labute approximate surface area is 106 Å². The molecule has 1 saturated carbocycles. The molecule has 3 rings (SSSR count). The van der Waals surface area contributed by atoms with Crippen molar-refractivity contribution in [3.63, 3.8) is 0 Å². The minimum Gasteiger partial charge on any atom is -0.469 e. The highest BCUT2D eigenvalue weighted by atomic mass is 16.3. The zero-order valence-corrected chi connectivity index (χ0v) is 10.4. The van der Waals surface area contributed by atoms with Gasteiger partial charge in [0.05, 0.1) is 12.8 Å². The molecule has 98 valence electrons. The smallest absolute Gasteiger partial charge is 0.220 e. The quantitative estimate of drug-likeness (QED) is 0.854. The Morgan fingerprint density at radius 1 is 1.56 bits per heavy atom. The lowest BCUT2D eigenvalue weighted by molar-refractivity contribution is -0.123. The van der Waals surface area contributed by atoms with Crippen LogP contribution in [0.1, 0.15) is 43.4 Å². The SMILES string of the molecule is O=C(CC1CC1)NCC1(O)CCCc2occc21. The molecule has 0 bridgehead atoms. The van der Waals surface area contributed by atoms with Gasteiger partial charge in [0.1, 0.15) is 11.4 Å². The first-order valence-electron chi connectivity index (χ1n) is 6.73. The van der Waals surface area contributed by atoms with Gasteiger partial charge in [-0.15, -0.1) is 0 Å². The van der Waals surface area contributed by atoms with Crippen molar-refractivity contribution >= 4 is 5.91 Å². The fourth-order valence-electron chi connectivity index (χ4n) is 2.71. The summed E-state index contributed by atoms with van der Waals surface area (Å²) in [6.45, 7) is 0.297. The topological polar surface area (TPSA) is 62.5 Å². The van der Waals surface area contributed by atoms with E-state index in [2.05, 4.69) is 5.32 Å². The molecule has 1 heterocycles. The van der Waals surface area contributed by atoms with Crippen LogP contribution in [0.15, 0.2) is 16.7 Å². The van der Waals surface area contributed by atoms with Crippen LogP contribution in [0.25, 0.3) is 0 Å². The Morgan fingerprint density at radius 3 is 3.17 bits per heavy atom. The van der Waals surface area contributed by atoms with Gasteiger partial charge in [-0.2, -0.15) is 0 Å². The number of hydrogen-bond donors (Lipinski definition) is 2. The molecule has 1 fully saturated rings. The maximum atomic E-state index is 11.7. The lowest BCUT2D eigenvalue weighted by atomic mass is 9.83. The largest absolute Gasteiger partial charge is 0.469 e. The summed E-state index contributed by atoms with van der Waals surface area (Å²) in [4.78, 5) is 11.7. The van der Waals surface area contributed by atoms with E-state index in [9.17, 15) is 9.90 Å². The minimum absolute atomic E-state index is 0.0570. The van der Waals surface area contributed by atoms with E-state index in [0.717, 1.165) is 24.2 Å². The van der Waals surface area contributed by atoms with E-state index >= 15 is 0 Å². The van der Waals surface area contributed by atoms with Gasteiger partial charge in [0, 0.05) is 18.4 Å². The molecule has 4 nitrogen and oxygen atoms in total. The van der Waals surface area contributed by atoms with Gasteiger partial charge in [-0.1, -0.05) is 0 Å². The maximum Gasteiger partial charge on any atom is 0.220 e. The number of carbonyl (C=O) groups excluding carboxylic acids is 1. The molecule has 0 aliphatic heterocycles. The van der Waals surface area contributed by atoms with Crippen LogP contribution in [-0.2, 0) is 16.8 Å². The molecule has 18 heavy (non-hydrogen) atoms. The molecule has 2 aliphatic carbocycles. The number of hydrogen-bond acceptors (Lipinski definition) is 3. The number of aryl methyl sites for hydroxylation is 1. The molecule has 1 aromatic heterocycles. The van der Waals surface area contributed by atoms with Crippen LogP contribution in [0.4, 0.5) is 0 Å². The van der Waals surface area contributed by atoms with Crippen molar-refractivity contribution in [1.29, 1.82) is 0 Å². The molecule has 1 unspecified atom stereocenters. The number of aliphatic hydroxyl groups is 1. The predicted octanol–water partition coefficient (Wildman–Crippen LogP) is 1.72. The van der Waals surface area contributed by atoms with Gasteiger partial charge < -0.3 is 14.8 Å². The monoisotopic (exact) mass is 249 g/mol. The van der Waals surface area contributed by atoms with E-state index < -0.39 is 5.60 Å². The first-order chi connectivity index (χ1) is 8.67. The van der Waals surface area contributed by atoms with E-state index in [4.69, 9.17) is 4.42 Å². The van der Waals surface area contributed by atoms with Crippen molar-refractivity contribution in [2.24, 2.45) is 5.92 Å². The summed E-state index contributed by atoms with van der Waals surface area (Å²) in [6.07, 6.45) is 7.02. The van der Waals surface area contributed by atoms with E-state index in [1.807, 2.05) is 6.07 Å². The van der Waals surface area contributed by atoms with Crippen LogP contribution in [0.5, 0.6) is 0 Å². The predicted molar refractivity (Wildman–Crippen MR) is 65.9 cm³/mol. The van der Waals surface area contributed by atoms with Gasteiger partial charge in [-0.3, -0.25) is 4.79 Å². The van der Waals surface area contributed by atoms with E-state index in [0.29, 0.717) is 25.3 Å². The second kappa shape index (κ2) is 4.43. The molecule has 2 N–H and O–H groups in total. The van der Waals surface area contributed by atoms with Gasteiger partial charge in [-0.25, -0.2) is 0 Å². The van der Waals surface area contributed by atoms with Crippen LogP contribution in [0.2, 0.25) is 0 Å². The van der Waals surface area contributed by atoms with Crippen LogP contribution in [0, 0.1) is 5.92 Å². The van der Waals surface area contributed by atoms with Crippen molar-refractivity contribution in [2.75, 3.05) is 6.54 Å². The number of furan rings is 1. The number of rotatable bonds is 4. The Kier molecular flexibility index (Phi) is 2.90. The molecule has 0 radical (unpaired) electrons. The Balaban J connectivity index is 1.63. The lowest BCUT2D eigenvalue weighted by Crippen LogP contribution is -2.42. The molecule has 2 aliphatic rings. The Bertz CT molecular complexity index is 450. The molecule has 0 saturated heterocycles. The lowest BCUT2D eigenvalue weighted by Gasteiger charge is -2.31. The third kappa shape index (κ3) is 2.29. The second-order valence-corrected chi connectivity index (χ2v) is 5.57. The molecule has 0 spiro atoms. The summed E-state index contributed by atoms with van der Waals surface area (Å²) < 4.78 is 5.36. The highest BCUT2D eigenvalue weighted by Gasteiger charge is 2.36. The van der Waals surface area contributed by atoms with E-state index in [1.54, 1.807) is 6.26 Å². The minimum atomic E-state index is -0.945. The summed E-state index contributed by atoms with van der Waals surface area (Å²) in [7, 11) is 0. The van der Waals surface area contributed by atoms with Gasteiger partial charge >= 0.3 is 0 Å². The van der Waals surface area contributed by atoms with Crippen molar-refractivity contribution in [3.05, 3.63) is 23.7 Å². The molecular formula is C14H19NO3. The number of amides is 1. The van der Waals surface area contributed by atoms with Gasteiger partial charge in [0.25, 0.3) is 0 Å². The third-order valence-corrected chi connectivity index (χ3v) is 3.99. The molecule has 1 amide bonds. The van der Waals surface area contributed by atoms with Crippen molar-refractivity contribution < 1.29 is 14.3 Å². The van der Waals surface area contributed by atoms with E-state index in [1.165, 1.54) is 12.8 Å². The van der Waals surface area contributed by atoms with Crippen LogP contribution >= 0.6 is 0 Å². The highest BCUT2D eigenvalue weighted by molar-refractivity contribution is 5.76. The zero-order chi connectivity index (χ0) is 12.6. The van der Waals surface area contributed by atoms with Crippen LogP contribution in [-0.4, -0.2) is 17.6 Å². The average Bonchev–Trinajstić information content (AvgIpc) is 3.01. The summed E-state index contributed by atoms with van der Waals surface area (Å²) >= 11 is 0. The highest BCUT2D eigenvalue weighted by Crippen LogP contribution is 2.36. The molecule has 0 aromatic carbocycles. The van der Waals surface area contributed by atoms with Crippen molar-refractivity contribution in [2.45, 2.75) is 44.1 Å². The Hall–Kier alpha value is -1.29. The summed E-state index contributed by atoms with van der Waals surface area (Å²) in [5.41, 5.74) is -0.0970. The van der Waals surface area contributed by atoms with Gasteiger partial charge in [0.2, 0.25) is 5.91 Å². The van der Waals surface area contributed by atoms with Crippen molar-refractivity contribution in [3.8, 4) is 0 Å². The van der Waals surface area contributed by atoms with Gasteiger partial charge in [0.15, 0.2) is 0 Å². The first-order valence-corrected chi connectivity index (χ1v) is 6.73. The summed E-state index contributed by atoms with van der Waals surface area (Å²) in [6, 6.07) is 1.82. The summed E-state index contributed by atoms with van der Waals surface area (Å²) in [5.74, 6) is 1.50. The molecular weight excluding hydrogens is 230 g/mol. The zero-order valence-electron chi connectivity index (χ0n) is 10.4. The standard InChI is InChI=1S/C14H19NO3/c16-13(8-10-3-4-10)15-9-14(17)6-1-2-12-11(14)5-7-18-12/h5,7,10,17H,1-4,6,8-9H2,(H,15,16). The number of fused-ring (bicyclic) bond motifs is 1. The van der Waals surface area contributed by atoms with Crippen LogP contribution < -0.4 is 5.32 Å².